The monoisotopic (exact) mass is 424 g/mol. The minimum absolute atomic E-state index is 0.966. The summed E-state index contributed by atoms with van der Waals surface area (Å²) >= 11 is -2.49. The maximum atomic E-state index is 5.03. The predicted molar refractivity (Wildman–Crippen MR) is 101 cm³/mol. The van der Waals surface area contributed by atoms with Crippen molar-refractivity contribution in [2.24, 2.45) is 7.05 Å². The van der Waals surface area contributed by atoms with Crippen LogP contribution in [0, 0.1) is 0 Å². The van der Waals surface area contributed by atoms with Crippen LogP contribution in [0.4, 0.5) is 0 Å². The van der Waals surface area contributed by atoms with E-state index in [-0.39, 0.29) is 0 Å². The summed E-state index contributed by atoms with van der Waals surface area (Å²) in [6.45, 7) is 6.95. The second-order valence-electron chi connectivity index (χ2n) is 6.83. The Balaban J connectivity index is 2.51. The van der Waals surface area contributed by atoms with Crippen molar-refractivity contribution in [3.63, 3.8) is 0 Å². The first-order valence-electron chi connectivity index (χ1n) is 9.33. The third-order valence-corrected chi connectivity index (χ3v) is 20.2. The number of unbranched alkanes of at least 4 members (excludes halogenated alkanes) is 3. The Labute approximate surface area is 144 Å². The first kappa shape index (κ1) is 18.7. The van der Waals surface area contributed by atoms with Gasteiger partial charge in [-0.1, -0.05) is 0 Å². The first-order valence-corrected chi connectivity index (χ1v) is 16.8. The average molecular weight is 423 g/mol. The fourth-order valence-corrected chi connectivity index (χ4v) is 19.9. The molecule has 0 saturated carbocycles. The molecule has 0 unspecified atom stereocenters. The van der Waals surface area contributed by atoms with E-state index < -0.39 is 18.4 Å². The third kappa shape index (κ3) is 4.25. The molecule has 2 aromatic rings. The third-order valence-electron chi connectivity index (χ3n) is 5.04. The van der Waals surface area contributed by atoms with Crippen LogP contribution < -0.4 is 3.71 Å². The van der Waals surface area contributed by atoms with Gasteiger partial charge in [-0.25, -0.2) is 0 Å². The van der Waals surface area contributed by atoms with Gasteiger partial charge >= 0.3 is 145 Å². The molecule has 23 heavy (non-hydrogen) atoms. The van der Waals surface area contributed by atoms with Crippen molar-refractivity contribution in [3.05, 3.63) is 12.3 Å². The van der Waals surface area contributed by atoms with E-state index in [1.807, 2.05) is 17.9 Å². The van der Waals surface area contributed by atoms with Crippen molar-refractivity contribution in [3.8, 4) is 0 Å². The summed E-state index contributed by atoms with van der Waals surface area (Å²) in [4.78, 5) is 0. The SMILES string of the molecule is CCC[CH2][Sn]([CH2]CCC)([CH2]CCC)[c]1nn(C)c2nnccc12. The molecule has 4 nitrogen and oxygen atoms in total. The Kier molecular flexibility index (Phi) is 7.31. The Morgan fingerprint density at radius 3 is 2.04 bits per heavy atom. The first-order chi connectivity index (χ1) is 11.2. The van der Waals surface area contributed by atoms with E-state index >= 15 is 0 Å². The molecule has 5 heteroatoms. The van der Waals surface area contributed by atoms with Gasteiger partial charge in [-0.05, 0) is 0 Å². The molecular formula is C18H32N4Sn. The number of hydrogen-bond acceptors (Lipinski definition) is 3. The van der Waals surface area contributed by atoms with Gasteiger partial charge in [0.15, 0.2) is 0 Å². The van der Waals surface area contributed by atoms with E-state index in [0.29, 0.717) is 0 Å². The van der Waals surface area contributed by atoms with E-state index in [4.69, 9.17) is 5.10 Å². The summed E-state index contributed by atoms with van der Waals surface area (Å²) in [6, 6.07) is 2.15. The normalized spacial score (nSPS) is 12.2. The van der Waals surface area contributed by atoms with Gasteiger partial charge < -0.3 is 0 Å². The standard InChI is InChI=1S/C6H5N4.3C4H9.Sn/c1-10-6-5(4-8-10)2-3-7-9-6;3*1-3-4-2;/h2-3H,1H3;3*1,3-4H2,2H3;. The second-order valence-corrected chi connectivity index (χ2v) is 19.8. The number of aryl methyl sites for hydroxylation is 1. The number of nitrogens with zero attached hydrogens (tertiary/aromatic N) is 4. The Bertz CT molecular complexity index is 586. The van der Waals surface area contributed by atoms with E-state index in [1.54, 1.807) is 0 Å². The molecule has 0 bridgehead atoms. The van der Waals surface area contributed by atoms with Crippen LogP contribution in [-0.4, -0.2) is 38.4 Å². The van der Waals surface area contributed by atoms with Gasteiger partial charge in [-0.2, -0.15) is 0 Å². The molecule has 0 aromatic carbocycles. The molecule has 0 saturated heterocycles. The summed E-state index contributed by atoms with van der Waals surface area (Å²) in [7, 11) is 2.02. The van der Waals surface area contributed by atoms with Crippen molar-refractivity contribution in [1.82, 2.24) is 20.0 Å². The second kappa shape index (κ2) is 9.00. The maximum absolute atomic E-state index is 5.03. The van der Waals surface area contributed by atoms with Crippen molar-refractivity contribution in [2.75, 3.05) is 0 Å². The van der Waals surface area contributed by atoms with E-state index in [9.17, 15) is 0 Å². The quantitative estimate of drug-likeness (QED) is 0.532. The van der Waals surface area contributed by atoms with Crippen molar-refractivity contribution >= 4 is 33.1 Å². The molecule has 0 radical (unpaired) electrons. The molecule has 0 fully saturated rings. The van der Waals surface area contributed by atoms with Crippen LogP contribution in [-0.2, 0) is 7.05 Å². The summed E-state index contributed by atoms with van der Waals surface area (Å²) in [5.41, 5.74) is 0.966. The van der Waals surface area contributed by atoms with Gasteiger partial charge in [0.2, 0.25) is 0 Å². The molecule has 0 amide bonds. The van der Waals surface area contributed by atoms with Gasteiger partial charge in [-0.3, -0.25) is 0 Å². The molecule has 0 N–H and O–H groups in total. The molecule has 2 rings (SSSR count). The predicted octanol–water partition coefficient (Wildman–Crippen LogP) is 4.42. The molecule has 0 spiro atoms. The zero-order chi connectivity index (χ0) is 16.7. The summed E-state index contributed by atoms with van der Waals surface area (Å²) in [5, 5.41) is 14.7. The summed E-state index contributed by atoms with van der Waals surface area (Å²) < 4.78 is 7.77. The topological polar surface area (TPSA) is 43.6 Å². The van der Waals surface area contributed by atoms with Gasteiger partial charge in [0.25, 0.3) is 0 Å². The van der Waals surface area contributed by atoms with E-state index in [0.717, 1.165) is 5.65 Å². The molecule has 0 aliphatic carbocycles. The van der Waals surface area contributed by atoms with E-state index in [1.165, 1.54) is 60.9 Å². The minimum atomic E-state index is -2.49. The van der Waals surface area contributed by atoms with Crippen LogP contribution in [0.15, 0.2) is 12.3 Å². The van der Waals surface area contributed by atoms with Crippen LogP contribution in [0.25, 0.3) is 11.0 Å². The van der Waals surface area contributed by atoms with Crippen LogP contribution in [0.2, 0.25) is 13.3 Å². The van der Waals surface area contributed by atoms with Crippen molar-refractivity contribution < 1.29 is 0 Å². The van der Waals surface area contributed by atoms with Gasteiger partial charge in [0, 0.05) is 0 Å². The zero-order valence-corrected chi connectivity index (χ0v) is 18.2. The molecule has 0 aliphatic heterocycles. The molecule has 0 aliphatic rings. The van der Waals surface area contributed by atoms with Gasteiger partial charge in [0.05, 0.1) is 0 Å². The van der Waals surface area contributed by atoms with Crippen LogP contribution in [0.3, 0.4) is 0 Å². The molecule has 2 heterocycles. The zero-order valence-electron chi connectivity index (χ0n) is 15.3. The Morgan fingerprint density at radius 1 is 0.957 bits per heavy atom. The fraction of sp³-hybridized carbons (Fsp3) is 0.722. The van der Waals surface area contributed by atoms with Gasteiger partial charge in [0.1, 0.15) is 0 Å². The van der Waals surface area contributed by atoms with Crippen molar-refractivity contribution in [1.29, 1.82) is 0 Å². The van der Waals surface area contributed by atoms with Crippen molar-refractivity contribution in [2.45, 2.75) is 72.6 Å². The molecule has 0 atom stereocenters. The van der Waals surface area contributed by atoms with Crippen LogP contribution >= 0.6 is 0 Å². The van der Waals surface area contributed by atoms with Gasteiger partial charge in [-0.15, -0.1) is 0 Å². The summed E-state index contributed by atoms with van der Waals surface area (Å²) in [5.74, 6) is 0. The number of rotatable bonds is 10. The Morgan fingerprint density at radius 2 is 1.52 bits per heavy atom. The van der Waals surface area contributed by atoms with Crippen LogP contribution in [0.5, 0.6) is 0 Å². The van der Waals surface area contributed by atoms with Crippen LogP contribution in [0.1, 0.15) is 59.3 Å². The molecule has 2 aromatic heterocycles. The van der Waals surface area contributed by atoms with E-state index in [2.05, 4.69) is 37.0 Å². The molecule has 128 valence electrons. The molecular weight excluding hydrogens is 391 g/mol. The number of hydrogen-bond donors (Lipinski definition) is 0. The fourth-order valence-electron chi connectivity index (χ4n) is 3.67. The number of aromatic nitrogens is 4. The average Bonchev–Trinajstić information content (AvgIpc) is 2.93. The Hall–Kier alpha value is -0.651. The summed E-state index contributed by atoms with van der Waals surface area (Å²) in [6.07, 6.45) is 9.80. The number of fused-ring (bicyclic) bond motifs is 1.